The summed E-state index contributed by atoms with van der Waals surface area (Å²) in [5, 5.41) is 19.9. The number of aliphatic hydroxyl groups excluding tert-OH is 1. The van der Waals surface area contributed by atoms with Crippen LogP contribution >= 0.6 is 0 Å². The van der Waals surface area contributed by atoms with Crippen molar-refractivity contribution in [3.63, 3.8) is 0 Å². The molecule has 0 radical (unpaired) electrons. The van der Waals surface area contributed by atoms with E-state index in [9.17, 15) is 18.7 Å². The van der Waals surface area contributed by atoms with Crippen LogP contribution in [0.4, 0.5) is 26.0 Å². The van der Waals surface area contributed by atoms with Gasteiger partial charge in [0.25, 0.3) is 0 Å². The molecule has 0 saturated carbocycles. The predicted molar refractivity (Wildman–Crippen MR) is 143 cm³/mol. The molecule has 11 nitrogen and oxygen atoms in total. The molecule has 1 amide bonds. The molecular formula is C27H29F2N7O4. The number of aliphatic hydroxyl groups is 1. The molecule has 0 bridgehead atoms. The van der Waals surface area contributed by atoms with Gasteiger partial charge in [-0.25, -0.2) is 18.7 Å². The zero-order valence-corrected chi connectivity index (χ0v) is 21.6. The zero-order valence-electron chi connectivity index (χ0n) is 21.6. The summed E-state index contributed by atoms with van der Waals surface area (Å²) in [5.41, 5.74) is 1.03. The molecule has 0 aliphatic carbocycles. The molecule has 3 N–H and O–H groups in total. The average molecular weight is 554 g/mol. The van der Waals surface area contributed by atoms with Crippen LogP contribution in [0.1, 0.15) is 6.42 Å². The molecule has 0 unspecified atom stereocenters. The molecule has 3 heterocycles. The maximum Gasteiger partial charge on any atom is 0.246 e. The summed E-state index contributed by atoms with van der Waals surface area (Å²) >= 11 is 0. The lowest BCUT2D eigenvalue weighted by atomic mass is 10.2. The van der Waals surface area contributed by atoms with E-state index in [4.69, 9.17) is 9.47 Å². The smallest absolute Gasteiger partial charge is 0.246 e. The Labute approximate surface area is 228 Å². The third-order valence-electron chi connectivity index (χ3n) is 6.45. The van der Waals surface area contributed by atoms with E-state index in [1.165, 1.54) is 29.3 Å². The van der Waals surface area contributed by atoms with Crippen LogP contribution in [0, 0.1) is 11.6 Å². The standard InChI is InChI=1S/C27H29F2N7O4/c28-22-3-1-4-23(26(22)29)34-25(38)14-36-13-18(12-32-36)33-27-21-6-5-20(11-24(21)30-17-31-27)40-9-2-7-35-8-10-39-16-19(35)15-37/h1,3-6,11-13,17,19,37H,2,7-10,14-16H2,(H,34,38)(H,30,31,33)/t19-/m0/s1. The molecule has 5 rings (SSSR count). The maximum absolute atomic E-state index is 13.8. The topological polar surface area (TPSA) is 127 Å². The lowest BCUT2D eigenvalue weighted by molar-refractivity contribution is -0.116. The van der Waals surface area contributed by atoms with Crippen molar-refractivity contribution in [3.8, 4) is 5.75 Å². The highest BCUT2D eigenvalue weighted by Gasteiger charge is 2.21. The summed E-state index contributed by atoms with van der Waals surface area (Å²) in [5.74, 6) is -1.49. The van der Waals surface area contributed by atoms with Crippen LogP contribution < -0.4 is 15.4 Å². The molecule has 1 atom stereocenters. The Kier molecular flexibility index (Phi) is 8.74. The minimum absolute atomic E-state index is 0.0334. The van der Waals surface area contributed by atoms with Crippen molar-refractivity contribution in [2.24, 2.45) is 0 Å². The Balaban J connectivity index is 1.16. The first-order chi connectivity index (χ1) is 19.5. The number of fused-ring (bicyclic) bond motifs is 1. The Bertz CT molecular complexity index is 1470. The number of rotatable bonds is 11. The Morgan fingerprint density at radius 2 is 2.12 bits per heavy atom. The monoisotopic (exact) mass is 553 g/mol. The molecule has 210 valence electrons. The third kappa shape index (κ3) is 6.68. The second kappa shape index (κ2) is 12.8. The lowest BCUT2D eigenvalue weighted by Gasteiger charge is -2.34. The number of hydrogen-bond donors (Lipinski definition) is 3. The van der Waals surface area contributed by atoms with Gasteiger partial charge in [-0.2, -0.15) is 5.10 Å². The molecule has 4 aromatic rings. The van der Waals surface area contributed by atoms with Crippen LogP contribution in [-0.4, -0.2) is 81.2 Å². The number of halogens is 2. The third-order valence-corrected chi connectivity index (χ3v) is 6.45. The number of nitrogens with one attached hydrogen (secondary N) is 2. The van der Waals surface area contributed by atoms with Crippen LogP contribution in [0.5, 0.6) is 5.75 Å². The van der Waals surface area contributed by atoms with Crippen LogP contribution in [0.15, 0.2) is 55.1 Å². The van der Waals surface area contributed by atoms with Gasteiger partial charge in [-0.3, -0.25) is 14.4 Å². The van der Waals surface area contributed by atoms with E-state index in [2.05, 4.69) is 30.6 Å². The fraction of sp³-hybridized carbons (Fsp3) is 0.333. The van der Waals surface area contributed by atoms with Gasteiger partial charge in [-0.1, -0.05) is 6.07 Å². The first-order valence-corrected chi connectivity index (χ1v) is 12.8. The molecule has 1 fully saturated rings. The molecule has 1 aliphatic heterocycles. The number of anilines is 3. The first kappa shape index (κ1) is 27.4. The summed E-state index contributed by atoms with van der Waals surface area (Å²) in [4.78, 5) is 23.2. The maximum atomic E-state index is 13.8. The van der Waals surface area contributed by atoms with Crippen molar-refractivity contribution in [1.82, 2.24) is 24.6 Å². The quantitative estimate of drug-likeness (QED) is 0.240. The Hall–Kier alpha value is -4.20. The van der Waals surface area contributed by atoms with Crippen molar-refractivity contribution in [1.29, 1.82) is 0 Å². The van der Waals surface area contributed by atoms with Crippen molar-refractivity contribution >= 4 is 34.0 Å². The van der Waals surface area contributed by atoms with E-state index in [0.29, 0.717) is 42.6 Å². The van der Waals surface area contributed by atoms with E-state index < -0.39 is 17.5 Å². The van der Waals surface area contributed by atoms with Gasteiger partial charge in [0.15, 0.2) is 11.6 Å². The number of hydrogen-bond acceptors (Lipinski definition) is 9. The normalized spacial score (nSPS) is 15.7. The Morgan fingerprint density at radius 3 is 3.00 bits per heavy atom. The van der Waals surface area contributed by atoms with E-state index in [-0.39, 0.29) is 24.9 Å². The van der Waals surface area contributed by atoms with E-state index in [1.54, 1.807) is 6.20 Å². The molecule has 2 aromatic heterocycles. The molecule has 1 saturated heterocycles. The number of nitrogens with zero attached hydrogens (tertiary/aromatic N) is 5. The van der Waals surface area contributed by atoms with Gasteiger partial charge in [0.1, 0.15) is 24.4 Å². The van der Waals surface area contributed by atoms with Gasteiger partial charge in [0.05, 0.1) is 55.6 Å². The number of aromatic nitrogens is 4. The van der Waals surface area contributed by atoms with Crippen LogP contribution in [-0.2, 0) is 16.1 Å². The van der Waals surface area contributed by atoms with Crippen molar-refractivity contribution in [2.45, 2.75) is 19.0 Å². The van der Waals surface area contributed by atoms with E-state index in [1.807, 2.05) is 18.2 Å². The second-order valence-electron chi connectivity index (χ2n) is 9.25. The fourth-order valence-electron chi connectivity index (χ4n) is 4.42. The van der Waals surface area contributed by atoms with Gasteiger partial charge >= 0.3 is 0 Å². The van der Waals surface area contributed by atoms with E-state index in [0.717, 1.165) is 31.0 Å². The zero-order chi connectivity index (χ0) is 27.9. The summed E-state index contributed by atoms with van der Waals surface area (Å²) in [7, 11) is 0. The highest BCUT2D eigenvalue weighted by Crippen LogP contribution is 2.26. The minimum Gasteiger partial charge on any atom is -0.493 e. The highest BCUT2D eigenvalue weighted by atomic mass is 19.2. The Morgan fingerprint density at radius 1 is 1.23 bits per heavy atom. The van der Waals surface area contributed by atoms with Gasteiger partial charge in [0.2, 0.25) is 5.91 Å². The molecule has 40 heavy (non-hydrogen) atoms. The number of amides is 1. The SMILES string of the molecule is O=C(Cn1cc(Nc2ncnc3cc(OCCCN4CCOC[C@@H]4CO)ccc23)cn1)Nc1cccc(F)c1F. The van der Waals surface area contributed by atoms with Crippen LogP contribution in [0.25, 0.3) is 10.9 Å². The average Bonchev–Trinajstić information content (AvgIpc) is 3.40. The van der Waals surface area contributed by atoms with Crippen LogP contribution in [0.2, 0.25) is 0 Å². The van der Waals surface area contributed by atoms with Crippen molar-refractivity contribution in [3.05, 3.63) is 66.8 Å². The molecule has 1 aliphatic rings. The minimum atomic E-state index is -1.12. The number of carbonyl (C=O) groups excluding carboxylic acids is 1. The lowest BCUT2D eigenvalue weighted by Crippen LogP contribution is -2.47. The number of benzene rings is 2. The van der Waals surface area contributed by atoms with Gasteiger partial charge in [-0.05, 0) is 30.7 Å². The van der Waals surface area contributed by atoms with Crippen molar-refractivity contribution in [2.75, 3.05) is 50.2 Å². The second-order valence-corrected chi connectivity index (χ2v) is 9.25. The summed E-state index contributed by atoms with van der Waals surface area (Å²) in [6.07, 6.45) is 5.37. The largest absolute Gasteiger partial charge is 0.493 e. The highest BCUT2D eigenvalue weighted by molar-refractivity contribution is 5.92. The summed E-state index contributed by atoms with van der Waals surface area (Å²) < 4.78 is 39.9. The fourth-order valence-corrected chi connectivity index (χ4v) is 4.42. The molecular weight excluding hydrogens is 524 g/mol. The molecule has 2 aromatic carbocycles. The number of ether oxygens (including phenoxy) is 2. The molecule has 0 spiro atoms. The van der Waals surface area contributed by atoms with Gasteiger partial charge in [0, 0.05) is 30.7 Å². The number of morpholine rings is 1. The number of carbonyl (C=O) groups is 1. The van der Waals surface area contributed by atoms with E-state index >= 15 is 0 Å². The van der Waals surface area contributed by atoms with Gasteiger partial charge in [-0.15, -0.1) is 0 Å². The molecule has 13 heteroatoms. The first-order valence-electron chi connectivity index (χ1n) is 12.8. The van der Waals surface area contributed by atoms with Crippen molar-refractivity contribution < 1.29 is 28.2 Å². The van der Waals surface area contributed by atoms with Gasteiger partial charge < -0.3 is 25.2 Å². The summed E-state index contributed by atoms with van der Waals surface area (Å²) in [6, 6.07) is 9.15. The van der Waals surface area contributed by atoms with Crippen LogP contribution in [0.3, 0.4) is 0 Å². The predicted octanol–water partition coefficient (Wildman–Crippen LogP) is 2.95. The summed E-state index contributed by atoms with van der Waals surface area (Å²) in [6.45, 7) is 3.24.